The summed E-state index contributed by atoms with van der Waals surface area (Å²) in [6.07, 6.45) is 4.93. The summed E-state index contributed by atoms with van der Waals surface area (Å²) in [6, 6.07) is 0.437. The maximum atomic E-state index is 11.8. The molecule has 0 aromatic heterocycles. The molecule has 0 aromatic rings. The Hall–Kier alpha value is -0.610. The van der Waals surface area contributed by atoms with E-state index in [1.54, 1.807) is 0 Å². The highest BCUT2D eigenvalue weighted by Gasteiger charge is 2.16. The van der Waals surface area contributed by atoms with Crippen molar-refractivity contribution >= 4 is 5.91 Å². The van der Waals surface area contributed by atoms with Gasteiger partial charge in [0.05, 0.1) is 19.8 Å². The lowest BCUT2D eigenvalue weighted by Gasteiger charge is -2.27. The Morgan fingerprint density at radius 3 is 2.71 bits per heavy atom. The third-order valence-corrected chi connectivity index (χ3v) is 3.21. The molecule has 1 aliphatic heterocycles. The van der Waals surface area contributed by atoms with Crippen LogP contribution in [0.1, 0.15) is 39.5 Å². The molecule has 1 heterocycles. The van der Waals surface area contributed by atoms with Crippen molar-refractivity contribution in [2.45, 2.75) is 45.6 Å². The van der Waals surface area contributed by atoms with Crippen LogP contribution in [0.3, 0.4) is 0 Å². The lowest BCUT2D eigenvalue weighted by molar-refractivity contribution is -0.134. The van der Waals surface area contributed by atoms with Crippen LogP contribution in [0.25, 0.3) is 0 Å². The maximum Gasteiger partial charge on any atom is 0.236 e. The molecule has 1 amide bonds. The SMILES string of the molecule is CCCCCC(C)NCC(=O)N1CCOCC1. The van der Waals surface area contributed by atoms with E-state index in [1.165, 1.54) is 19.3 Å². The van der Waals surface area contributed by atoms with Crippen molar-refractivity contribution in [1.82, 2.24) is 10.2 Å². The molecule has 17 heavy (non-hydrogen) atoms. The van der Waals surface area contributed by atoms with Gasteiger partial charge in [-0.3, -0.25) is 4.79 Å². The molecule has 0 aliphatic carbocycles. The maximum absolute atomic E-state index is 11.8. The Bertz CT molecular complexity index is 215. The van der Waals surface area contributed by atoms with Crippen molar-refractivity contribution in [3.05, 3.63) is 0 Å². The third kappa shape index (κ3) is 6.03. The van der Waals surface area contributed by atoms with Crippen LogP contribution in [0, 0.1) is 0 Å². The van der Waals surface area contributed by atoms with E-state index in [0.29, 0.717) is 25.8 Å². The Labute approximate surface area is 105 Å². The van der Waals surface area contributed by atoms with Crippen LogP contribution in [0.5, 0.6) is 0 Å². The molecule has 0 spiro atoms. The quantitative estimate of drug-likeness (QED) is 0.686. The number of hydrogen-bond donors (Lipinski definition) is 1. The first-order valence-electron chi connectivity index (χ1n) is 6.83. The van der Waals surface area contributed by atoms with Crippen molar-refractivity contribution in [3.8, 4) is 0 Å². The number of nitrogens with one attached hydrogen (secondary N) is 1. The number of unbranched alkanes of at least 4 members (excludes halogenated alkanes) is 2. The monoisotopic (exact) mass is 242 g/mol. The first-order valence-corrected chi connectivity index (χ1v) is 6.83. The van der Waals surface area contributed by atoms with E-state index in [2.05, 4.69) is 19.2 Å². The predicted octanol–water partition coefficient (Wildman–Crippen LogP) is 1.40. The highest BCUT2D eigenvalue weighted by atomic mass is 16.5. The second-order valence-electron chi connectivity index (χ2n) is 4.77. The Morgan fingerprint density at radius 1 is 1.35 bits per heavy atom. The van der Waals surface area contributed by atoms with Gasteiger partial charge < -0.3 is 15.0 Å². The Kier molecular flexibility index (Phi) is 7.21. The number of carbonyl (C=O) groups is 1. The van der Waals surface area contributed by atoms with Gasteiger partial charge in [0, 0.05) is 19.1 Å². The summed E-state index contributed by atoms with van der Waals surface area (Å²) in [5.74, 6) is 0.204. The first-order chi connectivity index (χ1) is 8.24. The number of ether oxygens (including phenoxy) is 1. The number of carbonyl (C=O) groups excluding carboxylic acids is 1. The topological polar surface area (TPSA) is 41.6 Å². The molecule has 4 nitrogen and oxygen atoms in total. The number of amides is 1. The van der Waals surface area contributed by atoms with Gasteiger partial charge in [0.2, 0.25) is 5.91 Å². The summed E-state index contributed by atoms with van der Waals surface area (Å²) in [7, 11) is 0. The highest BCUT2D eigenvalue weighted by molar-refractivity contribution is 5.78. The molecule has 0 bridgehead atoms. The number of nitrogens with zero attached hydrogens (tertiary/aromatic N) is 1. The molecule has 0 saturated carbocycles. The molecule has 1 fully saturated rings. The number of rotatable bonds is 7. The fourth-order valence-electron chi connectivity index (χ4n) is 1.99. The van der Waals surface area contributed by atoms with Gasteiger partial charge in [-0.1, -0.05) is 26.2 Å². The van der Waals surface area contributed by atoms with E-state index in [4.69, 9.17) is 4.74 Å². The van der Waals surface area contributed by atoms with Gasteiger partial charge >= 0.3 is 0 Å². The van der Waals surface area contributed by atoms with Crippen molar-refractivity contribution in [1.29, 1.82) is 0 Å². The second-order valence-corrected chi connectivity index (χ2v) is 4.77. The molecule has 1 atom stereocenters. The van der Waals surface area contributed by atoms with Crippen LogP contribution >= 0.6 is 0 Å². The fourth-order valence-corrected chi connectivity index (χ4v) is 1.99. The van der Waals surface area contributed by atoms with E-state index in [0.717, 1.165) is 19.5 Å². The van der Waals surface area contributed by atoms with Gasteiger partial charge in [-0.25, -0.2) is 0 Å². The molecule has 1 N–H and O–H groups in total. The molecular weight excluding hydrogens is 216 g/mol. The summed E-state index contributed by atoms with van der Waals surface area (Å²) in [4.78, 5) is 13.7. The van der Waals surface area contributed by atoms with Crippen molar-refractivity contribution < 1.29 is 9.53 Å². The lowest BCUT2D eigenvalue weighted by atomic mass is 10.1. The molecule has 1 aliphatic rings. The number of hydrogen-bond acceptors (Lipinski definition) is 3. The molecule has 1 unspecified atom stereocenters. The van der Waals surface area contributed by atoms with Gasteiger partial charge in [0.15, 0.2) is 0 Å². The van der Waals surface area contributed by atoms with Crippen molar-refractivity contribution in [3.63, 3.8) is 0 Å². The Morgan fingerprint density at radius 2 is 2.06 bits per heavy atom. The molecule has 0 radical (unpaired) electrons. The normalized spacial score (nSPS) is 18.1. The van der Waals surface area contributed by atoms with Gasteiger partial charge in [-0.05, 0) is 13.3 Å². The summed E-state index contributed by atoms with van der Waals surface area (Å²) in [6.45, 7) is 7.67. The third-order valence-electron chi connectivity index (χ3n) is 3.21. The van der Waals surface area contributed by atoms with Crippen LogP contribution in [-0.4, -0.2) is 49.7 Å². The average molecular weight is 242 g/mol. The standard InChI is InChI=1S/C13H26N2O2/c1-3-4-5-6-12(2)14-11-13(16)15-7-9-17-10-8-15/h12,14H,3-11H2,1-2H3. The lowest BCUT2D eigenvalue weighted by Crippen LogP contribution is -2.46. The minimum Gasteiger partial charge on any atom is -0.378 e. The fraction of sp³-hybridized carbons (Fsp3) is 0.923. The van der Waals surface area contributed by atoms with Crippen LogP contribution in [0.15, 0.2) is 0 Å². The van der Waals surface area contributed by atoms with Crippen LogP contribution in [-0.2, 0) is 9.53 Å². The molecule has 0 aromatic carbocycles. The number of morpholine rings is 1. The zero-order valence-electron chi connectivity index (χ0n) is 11.2. The zero-order chi connectivity index (χ0) is 12.5. The summed E-state index contributed by atoms with van der Waals surface area (Å²) in [5.41, 5.74) is 0. The molecule has 4 heteroatoms. The van der Waals surface area contributed by atoms with Crippen molar-refractivity contribution in [2.75, 3.05) is 32.8 Å². The van der Waals surface area contributed by atoms with Crippen LogP contribution < -0.4 is 5.32 Å². The van der Waals surface area contributed by atoms with Crippen LogP contribution in [0.2, 0.25) is 0 Å². The van der Waals surface area contributed by atoms with Gasteiger partial charge in [-0.15, -0.1) is 0 Å². The first kappa shape index (κ1) is 14.5. The predicted molar refractivity (Wildman–Crippen MR) is 69.0 cm³/mol. The minimum absolute atomic E-state index is 0.204. The zero-order valence-corrected chi connectivity index (χ0v) is 11.2. The van der Waals surface area contributed by atoms with Crippen LogP contribution in [0.4, 0.5) is 0 Å². The molecular formula is C13H26N2O2. The van der Waals surface area contributed by atoms with E-state index >= 15 is 0 Å². The van der Waals surface area contributed by atoms with E-state index in [9.17, 15) is 4.79 Å². The van der Waals surface area contributed by atoms with E-state index in [1.807, 2.05) is 4.90 Å². The molecule has 1 saturated heterocycles. The molecule has 1 rings (SSSR count). The largest absolute Gasteiger partial charge is 0.378 e. The molecule has 100 valence electrons. The highest BCUT2D eigenvalue weighted by Crippen LogP contribution is 2.03. The smallest absolute Gasteiger partial charge is 0.236 e. The van der Waals surface area contributed by atoms with Gasteiger partial charge in [0.1, 0.15) is 0 Å². The van der Waals surface area contributed by atoms with E-state index in [-0.39, 0.29) is 5.91 Å². The van der Waals surface area contributed by atoms with Crippen molar-refractivity contribution in [2.24, 2.45) is 0 Å². The average Bonchev–Trinajstić information content (AvgIpc) is 2.37. The van der Waals surface area contributed by atoms with Gasteiger partial charge in [0.25, 0.3) is 0 Å². The second kappa shape index (κ2) is 8.48. The summed E-state index contributed by atoms with van der Waals surface area (Å²) < 4.78 is 5.23. The summed E-state index contributed by atoms with van der Waals surface area (Å²) >= 11 is 0. The summed E-state index contributed by atoms with van der Waals surface area (Å²) in [5, 5.41) is 3.31. The minimum atomic E-state index is 0.204. The van der Waals surface area contributed by atoms with Gasteiger partial charge in [-0.2, -0.15) is 0 Å². The van der Waals surface area contributed by atoms with E-state index < -0.39 is 0 Å². The Balaban J connectivity index is 2.09.